The van der Waals surface area contributed by atoms with E-state index in [0.717, 1.165) is 25.7 Å². The van der Waals surface area contributed by atoms with Crippen LogP contribution in [-0.4, -0.2) is 28.7 Å². The smallest absolute Gasteiger partial charge is 0.477 e. The number of anilines is 1. The molecule has 1 saturated heterocycles. The second kappa shape index (κ2) is 8.65. The highest BCUT2D eigenvalue weighted by Gasteiger charge is 2.33. The number of halogens is 1. The SMILES string of the molecule is Cc1oc(=O)oc1CCC1CCCN(c2cc3c(cc2F)c(=O)c(C(=O)O)c2n3C(C)S2)CC1. The van der Waals surface area contributed by atoms with Gasteiger partial charge < -0.3 is 23.4 Å². The van der Waals surface area contributed by atoms with E-state index in [1.54, 1.807) is 13.0 Å². The zero-order chi connectivity index (χ0) is 24.1. The monoisotopic (exact) mass is 488 g/mol. The van der Waals surface area contributed by atoms with Crippen LogP contribution in [0, 0.1) is 18.7 Å². The number of carboxylic acid groups (broad SMARTS) is 1. The molecule has 0 bridgehead atoms. The molecule has 2 aliphatic rings. The van der Waals surface area contributed by atoms with Crippen molar-refractivity contribution in [3.8, 4) is 0 Å². The van der Waals surface area contributed by atoms with Crippen LogP contribution in [0.15, 0.2) is 35.6 Å². The van der Waals surface area contributed by atoms with Crippen molar-refractivity contribution in [1.29, 1.82) is 0 Å². The molecule has 2 unspecified atom stereocenters. The summed E-state index contributed by atoms with van der Waals surface area (Å²) in [5.74, 6) is -0.972. The van der Waals surface area contributed by atoms with E-state index in [0.29, 0.717) is 53.2 Å². The number of carbonyl (C=O) groups is 1. The standard InChI is InChI=1S/C24H25FN2O6S/c1-12-19(33-24(31)32-12)6-5-14-4-3-8-26(9-7-14)18-11-17-15(10-16(18)25)21(28)20(23(29)30)22-27(17)13(2)34-22/h10-11,13-14H,3-9H2,1-2H3,(H,29,30). The Hall–Kier alpha value is -3.01. The predicted octanol–water partition coefficient (Wildman–Crippen LogP) is 4.56. The van der Waals surface area contributed by atoms with Crippen molar-refractivity contribution < 1.29 is 23.1 Å². The third-order valence-corrected chi connectivity index (χ3v) is 8.07. The first-order valence-corrected chi connectivity index (χ1v) is 12.3. The molecule has 3 aromatic rings. The zero-order valence-corrected chi connectivity index (χ0v) is 19.7. The number of aryl methyl sites for hydroxylation is 2. The molecule has 10 heteroatoms. The number of pyridine rings is 1. The number of thioether (sulfide) groups is 1. The van der Waals surface area contributed by atoms with E-state index in [2.05, 4.69) is 0 Å². The van der Waals surface area contributed by atoms with E-state index in [1.165, 1.54) is 17.8 Å². The Morgan fingerprint density at radius 2 is 2.03 bits per heavy atom. The number of aromatic carboxylic acids is 1. The minimum atomic E-state index is -1.29. The lowest BCUT2D eigenvalue weighted by molar-refractivity contribution is 0.0689. The molecule has 1 fully saturated rings. The molecule has 1 N–H and O–H groups in total. The summed E-state index contributed by atoms with van der Waals surface area (Å²) in [6.45, 7) is 5.00. The largest absolute Gasteiger partial charge is 0.519 e. The molecule has 0 saturated carbocycles. The highest BCUT2D eigenvalue weighted by Crippen LogP contribution is 2.46. The first kappa shape index (κ1) is 22.8. The Balaban J connectivity index is 1.40. The molecule has 180 valence electrons. The fourth-order valence-electron chi connectivity index (χ4n) is 5.10. The molecule has 1 aromatic carbocycles. The predicted molar refractivity (Wildman–Crippen MR) is 126 cm³/mol. The van der Waals surface area contributed by atoms with Crippen LogP contribution < -0.4 is 16.2 Å². The lowest BCUT2D eigenvalue weighted by Crippen LogP contribution is -2.29. The second-order valence-corrected chi connectivity index (χ2v) is 10.3. The minimum absolute atomic E-state index is 0.0329. The quantitative estimate of drug-likeness (QED) is 0.557. The van der Waals surface area contributed by atoms with Crippen molar-refractivity contribution in [2.75, 3.05) is 18.0 Å². The first-order valence-electron chi connectivity index (χ1n) is 11.4. The molecular weight excluding hydrogens is 463 g/mol. The number of aromatic nitrogens is 1. The van der Waals surface area contributed by atoms with Crippen LogP contribution in [0.2, 0.25) is 0 Å². The number of hydrogen-bond donors (Lipinski definition) is 1. The van der Waals surface area contributed by atoms with Crippen molar-refractivity contribution in [3.05, 3.63) is 55.9 Å². The van der Waals surface area contributed by atoms with Crippen molar-refractivity contribution in [3.63, 3.8) is 0 Å². The van der Waals surface area contributed by atoms with E-state index in [1.807, 2.05) is 16.4 Å². The van der Waals surface area contributed by atoms with Gasteiger partial charge in [-0.3, -0.25) is 4.79 Å². The van der Waals surface area contributed by atoms with Crippen LogP contribution in [0.4, 0.5) is 10.1 Å². The summed E-state index contributed by atoms with van der Waals surface area (Å²) >= 11 is 1.33. The van der Waals surface area contributed by atoms with Crippen LogP contribution in [0.3, 0.4) is 0 Å². The van der Waals surface area contributed by atoms with Crippen molar-refractivity contribution in [2.45, 2.75) is 56.4 Å². The maximum absolute atomic E-state index is 15.2. The molecule has 0 radical (unpaired) electrons. The molecule has 2 aromatic heterocycles. The van der Waals surface area contributed by atoms with Gasteiger partial charge in [0.05, 0.1) is 21.6 Å². The minimum Gasteiger partial charge on any atom is -0.477 e. The second-order valence-electron chi connectivity index (χ2n) is 8.98. The summed E-state index contributed by atoms with van der Waals surface area (Å²) in [6.07, 6.45) is 4.22. The number of hydrogen-bond acceptors (Lipinski definition) is 7. The van der Waals surface area contributed by atoms with Crippen LogP contribution in [-0.2, 0) is 6.42 Å². The molecule has 4 heterocycles. The van der Waals surface area contributed by atoms with Crippen molar-refractivity contribution in [2.24, 2.45) is 5.92 Å². The van der Waals surface area contributed by atoms with Crippen molar-refractivity contribution >= 4 is 34.3 Å². The number of benzene rings is 1. The van der Waals surface area contributed by atoms with Crippen LogP contribution >= 0.6 is 11.8 Å². The summed E-state index contributed by atoms with van der Waals surface area (Å²) in [5.41, 5.74) is 0.0739. The Morgan fingerprint density at radius 3 is 2.71 bits per heavy atom. The van der Waals surface area contributed by atoms with Crippen LogP contribution in [0.5, 0.6) is 0 Å². The highest BCUT2D eigenvalue weighted by atomic mass is 32.2. The van der Waals surface area contributed by atoms with Gasteiger partial charge in [-0.2, -0.15) is 0 Å². The van der Waals surface area contributed by atoms with Gasteiger partial charge in [-0.05, 0) is 57.6 Å². The van der Waals surface area contributed by atoms with Gasteiger partial charge in [0.2, 0.25) is 5.43 Å². The normalized spacial score (nSPS) is 20.1. The molecule has 34 heavy (non-hydrogen) atoms. The van der Waals surface area contributed by atoms with Crippen molar-refractivity contribution in [1.82, 2.24) is 4.57 Å². The number of fused-ring (bicyclic) bond motifs is 3. The Labute approximate surface area is 198 Å². The Kier molecular flexibility index (Phi) is 5.79. The third kappa shape index (κ3) is 3.83. The molecule has 5 rings (SSSR count). The molecule has 2 atom stereocenters. The van der Waals surface area contributed by atoms with E-state index >= 15 is 4.39 Å². The summed E-state index contributed by atoms with van der Waals surface area (Å²) in [6, 6.07) is 2.88. The van der Waals surface area contributed by atoms with Gasteiger partial charge in [-0.1, -0.05) is 11.8 Å². The maximum Gasteiger partial charge on any atom is 0.519 e. The Bertz CT molecular complexity index is 1410. The van der Waals surface area contributed by atoms with Gasteiger partial charge in [0.1, 0.15) is 22.9 Å². The number of carboxylic acids is 1. The summed E-state index contributed by atoms with van der Waals surface area (Å²) in [5, 5.41) is 10.00. The fraction of sp³-hybridized carbons (Fsp3) is 0.458. The zero-order valence-electron chi connectivity index (χ0n) is 18.9. The lowest BCUT2D eigenvalue weighted by atomic mass is 9.94. The average Bonchev–Trinajstić information content (AvgIpc) is 2.95. The maximum atomic E-state index is 15.2. The summed E-state index contributed by atoms with van der Waals surface area (Å²) in [7, 11) is 0. The van der Waals surface area contributed by atoms with Gasteiger partial charge in [0, 0.05) is 24.9 Å². The molecule has 2 aliphatic heterocycles. The van der Waals surface area contributed by atoms with Gasteiger partial charge in [0.15, 0.2) is 0 Å². The van der Waals surface area contributed by atoms with Gasteiger partial charge in [0.25, 0.3) is 0 Å². The third-order valence-electron chi connectivity index (χ3n) is 6.89. The van der Waals surface area contributed by atoms with Crippen LogP contribution in [0.1, 0.15) is 59.9 Å². The molecule has 0 aliphatic carbocycles. The summed E-state index contributed by atoms with van der Waals surface area (Å²) in [4.78, 5) is 37.7. The van der Waals surface area contributed by atoms with Crippen LogP contribution in [0.25, 0.3) is 10.9 Å². The van der Waals surface area contributed by atoms with E-state index < -0.39 is 23.0 Å². The number of rotatable bonds is 5. The van der Waals surface area contributed by atoms with E-state index in [9.17, 15) is 19.5 Å². The number of nitrogens with zero attached hydrogens (tertiary/aromatic N) is 2. The van der Waals surface area contributed by atoms with E-state index in [4.69, 9.17) is 8.83 Å². The van der Waals surface area contributed by atoms with Gasteiger partial charge in [-0.15, -0.1) is 0 Å². The molecular formula is C24H25FN2O6S. The molecule has 8 nitrogen and oxygen atoms in total. The highest BCUT2D eigenvalue weighted by molar-refractivity contribution is 8.00. The first-order chi connectivity index (χ1) is 16.2. The average molecular weight is 489 g/mol. The Morgan fingerprint density at radius 1 is 1.24 bits per heavy atom. The lowest BCUT2D eigenvalue weighted by Gasteiger charge is -2.33. The molecule has 0 amide bonds. The van der Waals surface area contributed by atoms with Gasteiger partial charge >= 0.3 is 11.8 Å². The molecule has 0 spiro atoms. The van der Waals surface area contributed by atoms with Gasteiger partial charge in [-0.25, -0.2) is 14.0 Å². The fourth-order valence-corrected chi connectivity index (χ4v) is 6.25. The summed E-state index contributed by atoms with van der Waals surface area (Å²) < 4.78 is 27.1. The van der Waals surface area contributed by atoms with E-state index in [-0.39, 0.29) is 16.3 Å². The topological polar surface area (TPSA) is 106 Å².